The lowest BCUT2D eigenvalue weighted by atomic mass is 10.0. The molecule has 1 aliphatic heterocycles. The molecule has 1 aromatic rings. The molecule has 46 heavy (non-hydrogen) atoms. The Balaban J connectivity index is 1.66. The zero-order valence-electron chi connectivity index (χ0n) is 29.6. The molecule has 0 aromatic heterocycles. The van der Waals surface area contributed by atoms with Crippen molar-refractivity contribution in [2.45, 2.75) is 181 Å². The number of hydrogen-bond acceptors (Lipinski definition) is 3. The summed E-state index contributed by atoms with van der Waals surface area (Å²) in [5.74, 6) is 0.492. The number of aliphatic imine (C=N–C) groups is 1. The smallest absolute Gasteiger partial charge is 0.281 e. The van der Waals surface area contributed by atoms with Gasteiger partial charge in [-0.05, 0) is 31.0 Å². The predicted octanol–water partition coefficient (Wildman–Crippen LogP) is 13.6. The molecule has 0 saturated carbocycles. The predicted molar refractivity (Wildman–Crippen MR) is 200 cm³/mol. The van der Waals surface area contributed by atoms with Crippen LogP contribution >= 0.6 is 23.2 Å². The molecule has 4 nitrogen and oxygen atoms in total. The van der Waals surface area contributed by atoms with E-state index < -0.39 is 0 Å². The minimum Gasteiger partial charge on any atom is -0.499 e. The standard InChI is InChI=1S/C40H66Cl2N2O2/c1-3-5-7-9-11-13-15-16-17-18-19-20-21-23-25-27-31-44-39(36-30-29-35(41)33-37(36)42)43-38(40(44)45)34-46-32-28-26-24-22-14-12-10-8-6-4-2/h29-30,33-34H,3-28,31-32H2,1-2H3. The summed E-state index contributed by atoms with van der Waals surface area (Å²) >= 11 is 12.7. The van der Waals surface area contributed by atoms with Crippen molar-refractivity contribution in [1.29, 1.82) is 0 Å². The lowest BCUT2D eigenvalue weighted by molar-refractivity contribution is -0.122. The molecule has 1 heterocycles. The minimum atomic E-state index is -0.106. The summed E-state index contributed by atoms with van der Waals surface area (Å²) in [5, 5.41) is 1.07. The Kier molecular flexibility index (Phi) is 24.2. The molecule has 1 aromatic carbocycles. The van der Waals surface area contributed by atoms with Crippen LogP contribution < -0.4 is 0 Å². The molecule has 262 valence electrons. The molecule has 0 aliphatic carbocycles. The van der Waals surface area contributed by atoms with E-state index in [9.17, 15) is 4.79 Å². The van der Waals surface area contributed by atoms with E-state index >= 15 is 0 Å². The first kappa shape index (κ1) is 40.7. The molecule has 0 N–H and O–H groups in total. The highest BCUT2D eigenvalue weighted by atomic mass is 35.5. The molecule has 0 atom stereocenters. The quantitative estimate of drug-likeness (QED) is 0.0462. The van der Waals surface area contributed by atoms with E-state index in [2.05, 4.69) is 13.8 Å². The van der Waals surface area contributed by atoms with Gasteiger partial charge in [-0.1, -0.05) is 191 Å². The van der Waals surface area contributed by atoms with Crippen molar-refractivity contribution in [3.63, 3.8) is 0 Å². The molecular formula is C40H66Cl2N2O2. The molecule has 2 rings (SSSR count). The Bertz CT molecular complexity index is 993. The highest BCUT2D eigenvalue weighted by Crippen LogP contribution is 2.28. The lowest BCUT2D eigenvalue weighted by Gasteiger charge is -2.19. The Morgan fingerprint density at radius 2 is 1.07 bits per heavy atom. The first-order chi connectivity index (χ1) is 22.6. The van der Waals surface area contributed by atoms with Gasteiger partial charge in [0.05, 0.1) is 11.6 Å². The van der Waals surface area contributed by atoms with Crippen LogP contribution in [0.4, 0.5) is 0 Å². The van der Waals surface area contributed by atoms with Gasteiger partial charge in [-0.3, -0.25) is 9.69 Å². The van der Waals surface area contributed by atoms with Crippen molar-refractivity contribution in [3.8, 4) is 0 Å². The fourth-order valence-electron chi connectivity index (χ4n) is 6.25. The number of unbranched alkanes of at least 4 members (excludes halogenated alkanes) is 24. The van der Waals surface area contributed by atoms with Gasteiger partial charge in [0.15, 0.2) is 5.70 Å². The van der Waals surface area contributed by atoms with Gasteiger partial charge in [0, 0.05) is 17.1 Å². The number of amides is 1. The van der Waals surface area contributed by atoms with Crippen molar-refractivity contribution >= 4 is 34.9 Å². The molecular weight excluding hydrogens is 611 g/mol. The first-order valence-corrected chi connectivity index (χ1v) is 20.0. The second-order valence-electron chi connectivity index (χ2n) is 13.4. The van der Waals surface area contributed by atoms with E-state index in [-0.39, 0.29) is 5.91 Å². The second-order valence-corrected chi connectivity index (χ2v) is 14.2. The summed E-state index contributed by atoms with van der Waals surface area (Å²) in [5.41, 5.74) is 1.08. The molecule has 0 saturated heterocycles. The third kappa shape index (κ3) is 18.1. The number of hydrogen-bond donors (Lipinski definition) is 0. The normalized spacial score (nSPS) is 14.1. The van der Waals surface area contributed by atoms with Crippen molar-refractivity contribution in [3.05, 3.63) is 45.8 Å². The summed E-state index contributed by atoms with van der Waals surface area (Å²) in [7, 11) is 0. The van der Waals surface area contributed by atoms with E-state index in [1.165, 1.54) is 141 Å². The molecule has 1 aliphatic rings. The zero-order valence-corrected chi connectivity index (χ0v) is 31.1. The van der Waals surface area contributed by atoms with Crippen molar-refractivity contribution in [2.24, 2.45) is 4.99 Å². The largest absolute Gasteiger partial charge is 0.499 e. The number of benzene rings is 1. The number of rotatable bonds is 30. The van der Waals surface area contributed by atoms with Gasteiger partial charge in [-0.15, -0.1) is 0 Å². The van der Waals surface area contributed by atoms with Crippen LogP contribution in [0.5, 0.6) is 0 Å². The monoisotopic (exact) mass is 676 g/mol. The third-order valence-electron chi connectivity index (χ3n) is 9.16. The fourth-order valence-corrected chi connectivity index (χ4v) is 6.74. The molecule has 1 amide bonds. The average Bonchev–Trinajstić information content (AvgIpc) is 3.35. The van der Waals surface area contributed by atoms with Crippen LogP contribution in [0.3, 0.4) is 0 Å². The van der Waals surface area contributed by atoms with Crippen LogP contribution in [0, 0.1) is 0 Å². The SMILES string of the molecule is CCCCCCCCCCCCCCCCCCN1C(=O)C(=COCCCCCCCCCCCC)N=C1c1ccc(Cl)cc1Cl. The van der Waals surface area contributed by atoms with Crippen LogP contribution in [-0.2, 0) is 9.53 Å². The molecule has 0 radical (unpaired) electrons. The molecule has 6 heteroatoms. The maximum absolute atomic E-state index is 13.4. The van der Waals surface area contributed by atoms with Crippen LogP contribution in [-0.4, -0.2) is 29.8 Å². The molecule has 0 bridgehead atoms. The number of carbonyl (C=O) groups excluding carboxylic acids is 1. The third-order valence-corrected chi connectivity index (χ3v) is 9.71. The fraction of sp³-hybridized carbons (Fsp3) is 0.750. The Morgan fingerprint density at radius 3 is 1.52 bits per heavy atom. The highest BCUT2D eigenvalue weighted by molar-refractivity contribution is 6.37. The summed E-state index contributed by atoms with van der Waals surface area (Å²) < 4.78 is 5.81. The maximum Gasteiger partial charge on any atom is 0.281 e. The van der Waals surface area contributed by atoms with E-state index in [0.717, 1.165) is 31.2 Å². The number of amidine groups is 1. The van der Waals surface area contributed by atoms with Gasteiger partial charge >= 0.3 is 0 Å². The zero-order chi connectivity index (χ0) is 33.1. The van der Waals surface area contributed by atoms with E-state index in [1.54, 1.807) is 23.3 Å². The van der Waals surface area contributed by atoms with E-state index in [4.69, 9.17) is 32.9 Å². The number of ether oxygens (including phenoxy) is 1. The van der Waals surface area contributed by atoms with Crippen molar-refractivity contribution < 1.29 is 9.53 Å². The summed E-state index contributed by atoms with van der Waals surface area (Å²) in [4.78, 5) is 19.9. The van der Waals surface area contributed by atoms with Crippen LogP contribution in [0.15, 0.2) is 35.2 Å². The average molecular weight is 678 g/mol. The highest BCUT2D eigenvalue weighted by Gasteiger charge is 2.32. The van der Waals surface area contributed by atoms with E-state index in [1.807, 2.05) is 6.07 Å². The Morgan fingerprint density at radius 1 is 0.630 bits per heavy atom. The molecule has 0 spiro atoms. The second kappa shape index (κ2) is 27.4. The van der Waals surface area contributed by atoms with E-state index in [0.29, 0.717) is 34.7 Å². The van der Waals surface area contributed by atoms with Gasteiger partial charge in [-0.25, -0.2) is 4.99 Å². The molecule has 0 fully saturated rings. The number of halogens is 2. The Labute approximate surface area is 293 Å². The van der Waals surface area contributed by atoms with Gasteiger partial charge in [0.2, 0.25) is 0 Å². The summed E-state index contributed by atoms with van der Waals surface area (Å²) in [6.45, 7) is 5.79. The van der Waals surface area contributed by atoms with Gasteiger partial charge in [0.1, 0.15) is 12.1 Å². The number of nitrogens with zero attached hydrogens (tertiary/aromatic N) is 2. The van der Waals surface area contributed by atoms with Gasteiger partial charge < -0.3 is 4.74 Å². The van der Waals surface area contributed by atoms with Crippen LogP contribution in [0.25, 0.3) is 0 Å². The van der Waals surface area contributed by atoms with Gasteiger partial charge in [0.25, 0.3) is 5.91 Å². The minimum absolute atomic E-state index is 0.106. The van der Waals surface area contributed by atoms with Crippen LogP contribution in [0.1, 0.15) is 186 Å². The summed E-state index contributed by atoms with van der Waals surface area (Å²) in [6.07, 6.45) is 35.6. The van der Waals surface area contributed by atoms with Gasteiger partial charge in [-0.2, -0.15) is 0 Å². The maximum atomic E-state index is 13.4. The van der Waals surface area contributed by atoms with Crippen molar-refractivity contribution in [1.82, 2.24) is 4.90 Å². The molecule has 0 unspecified atom stereocenters. The summed E-state index contributed by atoms with van der Waals surface area (Å²) in [6, 6.07) is 5.36. The van der Waals surface area contributed by atoms with Crippen molar-refractivity contribution in [2.75, 3.05) is 13.2 Å². The Hall–Kier alpha value is -1.52. The number of carbonyl (C=O) groups is 1. The first-order valence-electron chi connectivity index (χ1n) is 19.3. The lowest BCUT2D eigenvalue weighted by Crippen LogP contribution is -2.33. The van der Waals surface area contributed by atoms with Crippen LogP contribution in [0.2, 0.25) is 10.0 Å². The topological polar surface area (TPSA) is 41.9 Å².